The molecule has 1 saturated heterocycles. The van der Waals surface area contributed by atoms with E-state index in [9.17, 15) is 4.79 Å². The van der Waals surface area contributed by atoms with Crippen LogP contribution in [-0.2, 0) is 4.74 Å². The lowest BCUT2D eigenvalue weighted by atomic mass is 9.83. The number of carbonyl (C=O) groups excluding carboxylic acids is 1. The third kappa shape index (κ3) is 4.14. The molecule has 1 amide bonds. The zero-order valence-electron chi connectivity index (χ0n) is 14.1. The fourth-order valence-electron chi connectivity index (χ4n) is 4.17. The molecule has 3 atom stereocenters. The molecule has 1 aliphatic heterocycles. The molecular weight excluding hydrogens is 262 g/mol. The third-order valence-corrected chi connectivity index (χ3v) is 5.50. The highest BCUT2D eigenvalue weighted by Gasteiger charge is 2.38. The minimum atomic E-state index is -0.0566. The van der Waals surface area contributed by atoms with Gasteiger partial charge in [-0.25, -0.2) is 4.79 Å². The largest absolute Gasteiger partial charge is 0.446 e. The summed E-state index contributed by atoms with van der Waals surface area (Å²) in [5.41, 5.74) is 0. The molecule has 1 heterocycles. The highest BCUT2D eigenvalue weighted by molar-refractivity contribution is 5.69. The number of carbonyl (C=O) groups is 1. The van der Waals surface area contributed by atoms with Crippen molar-refractivity contribution < 1.29 is 9.53 Å². The van der Waals surface area contributed by atoms with Crippen molar-refractivity contribution in [3.8, 4) is 0 Å². The van der Waals surface area contributed by atoms with Crippen molar-refractivity contribution in [2.75, 3.05) is 6.54 Å². The van der Waals surface area contributed by atoms with Gasteiger partial charge in [-0.05, 0) is 38.5 Å². The number of cyclic esters (lactones) is 1. The molecule has 2 rings (SSSR count). The Morgan fingerprint density at radius 3 is 2.43 bits per heavy atom. The van der Waals surface area contributed by atoms with E-state index < -0.39 is 0 Å². The fourth-order valence-corrected chi connectivity index (χ4v) is 4.17. The van der Waals surface area contributed by atoms with Crippen molar-refractivity contribution in [3.05, 3.63) is 0 Å². The van der Waals surface area contributed by atoms with E-state index >= 15 is 0 Å². The van der Waals surface area contributed by atoms with Gasteiger partial charge in [0.1, 0.15) is 6.10 Å². The van der Waals surface area contributed by atoms with E-state index in [-0.39, 0.29) is 12.2 Å². The molecule has 0 unspecified atom stereocenters. The Morgan fingerprint density at radius 1 is 1.14 bits per heavy atom. The fraction of sp³-hybridized carbons (Fsp3) is 0.944. The van der Waals surface area contributed by atoms with Gasteiger partial charge in [0.05, 0.1) is 0 Å². The summed E-state index contributed by atoms with van der Waals surface area (Å²) in [6, 6.07) is 0.347. The molecule has 2 fully saturated rings. The number of hydrogen-bond acceptors (Lipinski definition) is 2. The van der Waals surface area contributed by atoms with Gasteiger partial charge in [0.25, 0.3) is 0 Å². The van der Waals surface area contributed by atoms with Crippen LogP contribution in [0.25, 0.3) is 0 Å². The first-order valence-electron chi connectivity index (χ1n) is 9.14. The number of amides is 1. The zero-order chi connectivity index (χ0) is 15.2. The second kappa shape index (κ2) is 8.05. The third-order valence-electron chi connectivity index (χ3n) is 5.50. The molecule has 1 saturated carbocycles. The van der Waals surface area contributed by atoms with E-state index in [1.165, 1.54) is 44.9 Å². The molecule has 0 N–H and O–H groups in total. The minimum Gasteiger partial charge on any atom is -0.446 e. The minimum absolute atomic E-state index is 0.0566. The summed E-state index contributed by atoms with van der Waals surface area (Å²) in [7, 11) is 0. The molecule has 0 bridgehead atoms. The Balaban J connectivity index is 2.00. The predicted molar refractivity (Wildman–Crippen MR) is 86.3 cm³/mol. The van der Waals surface area contributed by atoms with Gasteiger partial charge < -0.3 is 9.64 Å². The van der Waals surface area contributed by atoms with Crippen molar-refractivity contribution in [3.63, 3.8) is 0 Å². The van der Waals surface area contributed by atoms with Crippen molar-refractivity contribution in [2.24, 2.45) is 11.8 Å². The SMILES string of the molecule is CCC[C@@H]1CN([C@H](C)C2CCCCC2)C(=O)O[C@H]1CCC. The van der Waals surface area contributed by atoms with Crippen molar-refractivity contribution in [1.29, 1.82) is 0 Å². The van der Waals surface area contributed by atoms with Crippen molar-refractivity contribution >= 4 is 6.09 Å². The molecule has 0 radical (unpaired) electrons. The average Bonchev–Trinajstić information content (AvgIpc) is 2.50. The van der Waals surface area contributed by atoms with E-state index in [0.29, 0.717) is 17.9 Å². The van der Waals surface area contributed by atoms with Crippen LogP contribution in [0.2, 0.25) is 0 Å². The maximum absolute atomic E-state index is 12.4. The van der Waals surface area contributed by atoms with Crippen LogP contribution in [0.3, 0.4) is 0 Å². The zero-order valence-corrected chi connectivity index (χ0v) is 14.1. The lowest BCUT2D eigenvalue weighted by molar-refractivity contribution is -0.0373. The Morgan fingerprint density at radius 2 is 1.81 bits per heavy atom. The maximum atomic E-state index is 12.4. The van der Waals surface area contributed by atoms with Gasteiger partial charge in [-0.1, -0.05) is 46.0 Å². The van der Waals surface area contributed by atoms with Gasteiger partial charge in [0.2, 0.25) is 0 Å². The topological polar surface area (TPSA) is 29.5 Å². The summed E-state index contributed by atoms with van der Waals surface area (Å²) in [4.78, 5) is 14.5. The molecular formula is C18H33NO2. The van der Waals surface area contributed by atoms with E-state index in [1.807, 2.05) is 4.90 Å². The number of hydrogen-bond donors (Lipinski definition) is 0. The second-order valence-corrected chi connectivity index (χ2v) is 7.05. The first-order chi connectivity index (χ1) is 10.2. The van der Waals surface area contributed by atoms with E-state index in [2.05, 4.69) is 20.8 Å². The summed E-state index contributed by atoms with van der Waals surface area (Å²) in [5, 5.41) is 0. The maximum Gasteiger partial charge on any atom is 0.410 e. The smallest absolute Gasteiger partial charge is 0.410 e. The van der Waals surface area contributed by atoms with Crippen LogP contribution in [0, 0.1) is 11.8 Å². The van der Waals surface area contributed by atoms with Crippen LogP contribution in [0.4, 0.5) is 4.79 Å². The molecule has 122 valence electrons. The summed E-state index contributed by atoms with van der Waals surface area (Å²) < 4.78 is 5.80. The van der Waals surface area contributed by atoms with Crippen molar-refractivity contribution in [2.45, 2.75) is 90.7 Å². The molecule has 21 heavy (non-hydrogen) atoms. The molecule has 0 aromatic heterocycles. The van der Waals surface area contributed by atoms with Crippen LogP contribution >= 0.6 is 0 Å². The lowest BCUT2D eigenvalue weighted by Crippen LogP contribution is -2.53. The van der Waals surface area contributed by atoms with E-state index in [4.69, 9.17) is 4.74 Å². The predicted octanol–water partition coefficient (Wildman–Crippen LogP) is 4.99. The Labute approximate surface area is 130 Å². The average molecular weight is 295 g/mol. The molecule has 0 aromatic rings. The summed E-state index contributed by atoms with van der Waals surface area (Å²) in [6.45, 7) is 7.55. The highest BCUT2D eigenvalue weighted by atomic mass is 16.6. The van der Waals surface area contributed by atoms with Crippen LogP contribution in [0.1, 0.15) is 78.6 Å². The number of rotatable bonds is 6. The van der Waals surface area contributed by atoms with Gasteiger partial charge in [-0.15, -0.1) is 0 Å². The van der Waals surface area contributed by atoms with Gasteiger partial charge in [0, 0.05) is 18.5 Å². The molecule has 3 nitrogen and oxygen atoms in total. The Bertz CT molecular complexity index is 325. The number of ether oxygens (including phenoxy) is 1. The Hall–Kier alpha value is -0.730. The highest BCUT2D eigenvalue weighted by Crippen LogP contribution is 2.33. The van der Waals surface area contributed by atoms with Gasteiger partial charge in [0.15, 0.2) is 0 Å². The molecule has 3 heteroatoms. The van der Waals surface area contributed by atoms with Crippen LogP contribution in [0.15, 0.2) is 0 Å². The second-order valence-electron chi connectivity index (χ2n) is 7.05. The Kier molecular flexibility index (Phi) is 6.38. The standard InChI is InChI=1S/C18H33NO2/c1-4-9-16-13-19(18(20)21-17(16)10-5-2)14(3)15-11-7-6-8-12-15/h14-17H,4-13H2,1-3H3/t14-,16-,17+/m1/s1. The van der Waals surface area contributed by atoms with Crippen LogP contribution in [0.5, 0.6) is 0 Å². The quantitative estimate of drug-likeness (QED) is 0.690. The van der Waals surface area contributed by atoms with Gasteiger partial charge in [-0.2, -0.15) is 0 Å². The number of nitrogens with zero attached hydrogens (tertiary/aromatic N) is 1. The van der Waals surface area contributed by atoms with Gasteiger partial charge in [-0.3, -0.25) is 0 Å². The summed E-state index contributed by atoms with van der Waals surface area (Å²) in [5.74, 6) is 1.20. The molecule has 1 aliphatic carbocycles. The normalized spacial score (nSPS) is 29.3. The van der Waals surface area contributed by atoms with E-state index in [0.717, 1.165) is 19.4 Å². The summed E-state index contributed by atoms with van der Waals surface area (Å²) >= 11 is 0. The molecule has 0 spiro atoms. The summed E-state index contributed by atoms with van der Waals surface area (Å²) in [6.07, 6.45) is 11.1. The monoisotopic (exact) mass is 295 g/mol. The first-order valence-corrected chi connectivity index (χ1v) is 9.14. The van der Waals surface area contributed by atoms with Gasteiger partial charge >= 0.3 is 6.09 Å². The molecule has 0 aromatic carbocycles. The van der Waals surface area contributed by atoms with Crippen LogP contribution in [-0.4, -0.2) is 29.7 Å². The van der Waals surface area contributed by atoms with Crippen LogP contribution < -0.4 is 0 Å². The van der Waals surface area contributed by atoms with Crippen molar-refractivity contribution in [1.82, 2.24) is 4.90 Å². The lowest BCUT2D eigenvalue weighted by Gasteiger charge is -2.43. The molecule has 2 aliphatic rings. The first kappa shape index (κ1) is 16.6. The van der Waals surface area contributed by atoms with E-state index in [1.54, 1.807) is 0 Å².